The Balaban J connectivity index is 1.50. The highest BCUT2D eigenvalue weighted by Crippen LogP contribution is 2.35. The number of pyridine rings is 2. The van der Waals surface area contributed by atoms with Crippen molar-refractivity contribution in [1.82, 2.24) is 24.9 Å². The molecule has 4 aromatic heterocycles. The molecule has 0 bridgehead atoms. The van der Waals surface area contributed by atoms with Crippen molar-refractivity contribution in [2.24, 2.45) is 5.10 Å². The molecule has 4 heterocycles. The van der Waals surface area contributed by atoms with Crippen LogP contribution in [-0.4, -0.2) is 30.6 Å². The predicted molar refractivity (Wildman–Crippen MR) is 118 cm³/mol. The molecule has 0 aliphatic heterocycles. The summed E-state index contributed by atoms with van der Waals surface area (Å²) in [7, 11) is 0. The van der Waals surface area contributed by atoms with Crippen LogP contribution in [0.1, 0.15) is 29.8 Å². The molecule has 4 aromatic rings. The number of aryl methyl sites for hydroxylation is 2. The topological polar surface area (TPSA) is 88.8 Å². The molecule has 7 nitrogen and oxygen atoms in total. The maximum atomic E-state index is 4.99. The van der Waals surface area contributed by atoms with Gasteiger partial charge in [0.2, 0.25) is 5.95 Å². The van der Waals surface area contributed by atoms with Crippen LogP contribution in [0, 0.1) is 6.92 Å². The van der Waals surface area contributed by atoms with E-state index in [2.05, 4.69) is 37.6 Å². The largest absolute Gasteiger partial charge is 0.264 e. The smallest absolute Gasteiger partial charge is 0.243 e. The zero-order valence-corrected chi connectivity index (χ0v) is 17.2. The van der Waals surface area contributed by atoms with Gasteiger partial charge in [-0.2, -0.15) is 5.10 Å². The molecular formula is C22H19N7S. The highest BCUT2D eigenvalue weighted by molar-refractivity contribution is 7.18. The Labute approximate surface area is 178 Å². The summed E-state index contributed by atoms with van der Waals surface area (Å²) >= 11 is 1.64. The molecule has 148 valence electrons. The third-order valence-corrected chi connectivity index (χ3v) is 6.14. The van der Waals surface area contributed by atoms with Gasteiger partial charge in [0.25, 0.3) is 0 Å². The second-order valence-electron chi connectivity index (χ2n) is 6.98. The van der Waals surface area contributed by atoms with Gasteiger partial charge in [-0.15, -0.1) is 11.3 Å². The normalized spacial score (nSPS) is 14.5. The number of fused-ring (bicyclic) bond motifs is 1. The summed E-state index contributed by atoms with van der Waals surface area (Å²) < 4.78 is 0. The number of hydrazone groups is 1. The van der Waals surface area contributed by atoms with Crippen molar-refractivity contribution in [2.45, 2.75) is 26.2 Å². The molecule has 0 saturated heterocycles. The summed E-state index contributed by atoms with van der Waals surface area (Å²) in [6.45, 7) is 2.02. The van der Waals surface area contributed by atoms with Crippen molar-refractivity contribution in [3.8, 4) is 21.1 Å². The molecule has 30 heavy (non-hydrogen) atoms. The third-order valence-electron chi connectivity index (χ3n) is 4.91. The van der Waals surface area contributed by atoms with Gasteiger partial charge < -0.3 is 0 Å². The molecule has 0 fully saturated rings. The summed E-state index contributed by atoms with van der Waals surface area (Å²) in [4.78, 5) is 23.3. The van der Waals surface area contributed by atoms with Crippen molar-refractivity contribution in [3.63, 3.8) is 0 Å². The fraction of sp³-hybridized carbons (Fsp3) is 0.182. The minimum Gasteiger partial charge on any atom is -0.264 e. The summed E-state index contributed by atoms with van der Waals surface area (Å²) in [5.41, 5.74) is 8.96. The third kappa shape index (κ3) is 3.69. The highest BCUT2D eigenvalue weighted by Gasteiger charge is 2.20. The van der Waals surface area contributed by atoms with Gasteiger partial charge in [0.1, 0.15) is 5.01 Å². The van der Waals surface area contributed by atoms with Crippen molar-refractivity contribution >= 4 is 23.0 Å². The van der Waals surface area contributed by atoms with E-state index < -0.39 is 0 Å². The minimum absolute atomic E-state index is 0.479. The summed E-state index contributed by atoms with van der Waals surface area (Å²) in [5, 5.41) is 5.51. The molecule has 1 N–H and O–H groups in total. The number of hydrogen-bond acceptors (Lipinski definition) is 8. The molecule has 0 aromatic carbocycles. The van der Waals surface area contributed by atoms with Gasteiger partial charge in [0.05, 0.1) is 27.7 Å². The van der Waals surface area contributed by atoms with E-state index in [-0.39, 0.29) is 0 Å². The van der Waals surface area contributed by atoms with Crippen LogP contribution in [0.5, 0.6) is 0 Å². The lowest BCUT2D eigenvalue weighted by atomic mass is 9.94. The van der Waals surface area contributed by atoms with Crippen LogP contribution in [0.4, 0.5) is 5.95 Å². The molecule has 0 saturated carbocycles. The zero-order chi connectivity index (χ0) is 20.3. The van der Waals surface area contributed by atoms with Gasteiger partial charge >= 0.3 is 0 Å². The van der Waals surface area contributed by atoms with E-state index in [0.29, 0.717) is 5.95 Å². The Morgan fingerprint density at radius 3 is 2.73 bits per heavy atom. The van der Waals surface area contributed by atoms with Gasteiger partial charge in [-0.05, 0) is 56.0 Å². The number of aromatic nitrogens is 5. The van der Waals surface area contributed by atoms with Crippen LogP contribution in [0.3, 0.4) is 0 Å². The average Bonchev–Trinajstić information content (AvgIpc) is 3.20. The second-order valence-corrected chi connectivity index (χ2v) is 7.97. The standard InChI is InChI=1S/C22H19N7S/c1-14-20(30-21(26-14)16-6-3-10-23-13-16)18-9-8-15-5-2-7-17(19(15)27-18)28-29-22-24-11-4-12-25-22/h3-4,6,8-13H,2,5,7H2,1H3,(H,24,25,29)/b28-17+. The molecule has 1 aliphatic rings. The highest BCUT2D eigenvalue weighted by atomic mass is 32.1. The second kappa shape index (κ2) is 8.08. The molecule has 8 heteroatoms. The van der Waals surface area contributed by atoms with Gasteiger partial charge in [0, 0.05) is 30.4 Å². The molecule has 1 aliphatic carbocycles. The molecule has 0 unspecified atom stereocenters. The fourth-order valence-corrected chi connectivity index (χ4v) is 4.49. The van der Waals surface area contributed by atoms with Crippen molar-refractivity contribution in [3.05, 3.63) is 72.1 Å². The SMILES string of the molecule is Cc1nc(-c2cccnc2)sc1-c1ccc2c(n1)/C(=N/Nc1ncccn1)CCC2. The number of anilines is 1. The van der Waals surface area contributed by atoms with Crippen molar-refractivity contribution in [1.29, 1.82) is 0 Å². The molecule has 5 rings (SSSR count). The summed E-state index contributed by atoms with van der Waals surface area (Å²) in [5.74, 6) is 0.479. The Kier molecular flexibility index (Phi) is 4.98. The Bertz CT molecular complexity index is 1200. The first-order valence-corrected chi connectivity index (χ1v) is 10.6. The first-order valence-electron chi connectivity index (χ1n) is 9.76. The molecule has 0 amide bonds. The van der Waals surface area contributed by atoms with E-state index in [1.54, 1.807) is 36.0 Å². The number of nitrogens with one attached hydrogen (secondary N) is 1. The summed E-state index contributed by atoms with van der Waals surface area (Å²) in [6.07, 6.45) is 9.91. The van der Waals surface area contributed by atoms with E-state index in [1.807, 2.05) is 25.3 Å². The first-order chi connectivity index (χ1) is 14.8. The minimum atomic E-state index is 0.479. The van der Waals surface area contributed by atoms with Gasteiger partial charge in [-0.1, -0.05) is 6.07 Å². The fourth-order valence-electron chi connectivity index (χ4n) is 3.46. The van der Waals surface area contributed by atoms with E-state index in [4.69, 9.17) is 9.97 Å². The van der Waals surface area contributed by atoms with Crippen LogP contribution in [0.2, 0.25) is 0 Å². The van der Waals surface area contributed by atoms with Crippen LogP contribution in [0.15, 0.2) is 60.2 Å². The van der Waals surface area contributed by atoms with Crippen LogP contribution in [-0.2, 0) is 6.42 Å². The maximum Gasteiger partial charge on any atom is 0.243 e. The Morgan fingerprint density at radius 2 is 1.90 bits per heavy atom. The van der Waals surface area contributed by atoms with Gasteiger partial charge in [-0.25, -0.2) is 25.4 Å². The zero-order valence-electron chi connectivity index (χ0n) is 16.4. The Hall–Kier alpha value is -3.52. The number of rotatable bonds is 4. The van der Waals surface area contributed by atoms with Gasteiger partial charge in [0.15, 0.2) is 0 Å². The lowest BCUT2D eigenvalue weighted by Crippen LogP contribution is -2.16. The van der Waals surface area contributed by atoms with Crippen LogP contribution >= 0.6 is 11.3 Å². The monoisotopic (exact) mass is 413 g/mol. The molecular weight excluding hydrogens is 394 g/mol. The quantitative estimate of drug-likeness (QED) is 0.495. The average molecular weight is 414 g/mol. The van der Waals surface area contributed by atoms with E-state index in [9.17, 15) is 0 Å². The first kappa shape index (κ1) is 18.5. The molecule has 0 radical (unpaired) electrons. The van der Waals surface area contributed by atoms with Crippen LogP contribution < -0.4 is 5.43 Å². The Morgan fingerprint density at radius 1 is 1.00 bits per heavy atom. The van der Waals surface area contributed by atoms with Crippen LogP contribution in [0.25, 0.3) is 21.1 Å². The lowest BCUT2D eigenvalue weighted by molar-refractivity contribution is 0.825. The molecule has 0 spiro atoms. The molecule has 0 atom stereocenters. The van der Waals surface area contributed by atoms with Crippen molar-refractivity contribution < 1.29 is 0 Å². The number of nitrogens with zero attached hydrogens (tertiary/aromatic N) is 6. The maximum absolute atomic E-state index is 4.99. The summed E-state index contributed by atoms with van der Waals surface area (Å²) in [6, 6.07) is 9.98. The number of hydrogen-bond donors (Lipinski definition) is 1. The van der Waals surface area contributed by atoms with E-state index >= 15 is 0 Å². The lowest BCUT2D eigenvalue weighted by Gasteiger charge is -2.17. The van der Waals surface area contributed by atoms with E-state index in [1.165, 1.54) is 5.56 Å². The van der Waals surface area contributed by atoms with Crippen molar-refractivity contribution in [2.75, 3.05) is 5.43 Å². The van der Waals surface area contributed by atoms with E-state index in [0.717, 1.165) is 57.5 Å². The number of thiazole rings is 1. The van der Waals surface area contributed by atoms with Gasteiger partial charge in [-0.3, -0.25) is 4.98 Å². The predicted octanol–water partition coefficient (Wildman–Crippen LogP) is 4.52.